The number of nitrogens with two attached hydrogens (primary N) is 1. The topological polar surface area (TPSA) is 75.4 Å². The summed E-state index contributed by atoms with van der Waals surface area (Å²) in [4.78, 5) is 29.2. The standard InChI is InChI=1S/C22H27N3O2S.ClH/c1-14-17(22(27)25-10-8-20-16(13-25)9-11-28-20)5-3-7-19(14)24-21(26)18-6-2-4-15(18)12-23;/h3,5,7,9,11,15,18H,2,4,6,8,10,12-13,23H2,1H3,(H,24,26);1H/t15-,18-;/m1./s1. The molecule has 2 atom stereocenters. The van der Waals surface area contributed by atoms with Crippen molar-refractivity contribution in [2.24, 2.45) is 17.6 Å². The highest BCUT2D eigenvalue weighted by Crippen LogP contribution is 2.33. The Kier molecular flexibility index (Phi) is 6.98. The SMILES string of the molecule is Cc1c(NC(=O)[C@@H]2CCC[C@@H]2CN)cccc1C(=O)N1CCc2sccc2C1.Cl. The van der Waals surface area contributed by atoms with Crippen LogP contribution in [0, 0.1) is 18.8 Å². The van der Waals surface area contributed by atoms with Gasteiger partial charge in [-0.1, -0.05) is 12.5 Å². The molecular formula is C22H28ClN3O2S. The van der Waals surface area contributed by atoms with E-state index in [0.29, 0.717) is 18.7 Å². The first-order chi connectivity index (χ1) is 13.6. The third kappa shape index (κ3) is 4.34. The lowest BCUT2D eigenvalue weighted by Gasteiger charge is -2.28. The van der Waals surface area contributed by atoms with Gasteiger partial charge in [0.1, 0.15) is 0 Å². The van der Waals surface area contributed by atoms with E-state index in [1.807, 2.05) is 30.0 Å². The molecule has 3 N–H and O–H groups in total. The number of nitrogens with one attached hydrogen (secondary N) is 1. The predicted molar refractivity (Wildman–Crippen MR) is 120 cm³/mol. The van der Waals surface area contributed by atoms with E-state index in [-0.39, 0.29) is 36.1 Å². The maximum absolute atomic E-state index is 13.1. The van der Waals surface area contributed by atoms with Gasteiger partial charge in [0.15, 0.2) is 0 Å². The summed E-state index contributed by atoms with van der Waals surface area (Å²) in [5, 5.41) is 5.16. The molecule has 1 aliphatic heterocycles. The van der Waals surface area contributed by atoms with Gasteiger partial charge in [-0.25, -0.2) is 0 Å². The lowest BCUT2D eigenvalue weighted by atomic mass is 9.95. The number of amides is 2. The van der Waals surface area contributed by atoms with Crippen molar-refractivity contribution < 1.29 is 9.59 Å². The van der Waals surface area contributed by atoms with Crippen molar-refractivity contribution in [3.63, 3.8) is 0 Å². The molecule has 4 rings (SSSR count). The van der Waals surface area contributed by atoms with E-state index in [4.69, 9.17) is 5.73 Å². The fourth-order valence-electron chi connectivity index (χ4n) is 4.48. The molecule has 7 heteroatoms. The summed E-state index contributed by atoms with van der Waals surface area (Å²) in [6.45, 7) is 3.86. The number of thiophene rings is 1. The van der Waals surface area contributed by atoms with Crippen LogP contribution >= 0.6 is 23.7 Å². The molecule has 5 nitrogen and oxygen atoms in total. The predicted octanol–water partition coefficient (Wildman–Crippen LogP) is 3.99. The van der Waals surface area contributed by atoms with Gasteiger partial charge in [0.05, 0.1) is 0 Å². The van der Waals surface area contributed by atoms with E-state index in [1.54, 1.807) is 11.3 Å². The second kappa shape index (κ2) is 9.28. The van der Waals surface area contributed by atoms with Crippen molar-refractivity contribution in [3.8, 4) is 0 Å². The summed E-state index contributed by atoms with van der Waals surface area (Å²) in [5.74, 6) is 0.300. The van der Waals surface area contributed by atoms with Crippen LogP contribution in [0.2, 0.25) is 0 Å². The zero-order valence-corrected chi connectivity index (χ0v) is 18.3. The molecule has 1 fully saturated rings. The summed E-state index contributed by atoms with van der Waals surface area (Å²) < 4.78 is 0. The fourth-order valence-corrected chi connectivity index (χ4v) is 5.37. The van der Waals surface area contributed by atoms with Gasteiger partial charge >= 0.3 is 0 Å². The molecule has 156 valence electrons. The van der Waals surface area contributed by atoms with Crippen LogP contribution in [0.3, 0.4) is 0 Å². The minimum Gasteiger partial charge on any atom is -0.334 e. The number of hydrogen-bond donors (Lipinski definition) is 2. The molecule has 2 aromatic rings. The Labute approximate surface area is 182 Å². The summed E-state index contributed by atoms with van der Waals surface area (Å²) in [7, 11) is 0. The highest BCUT2D eigenvalue weighted by atomic mass is 35.5. The molecule has 2 aliphatic rings. The largest absolute Gasteiger partial charge is 0.334 e. The molecule has 2 amide bonds. The van der Waals surface area contributed by atoms with Gasteiger partial charge < -0.3 is 16.0 Å². The minimum atomic E-state index is -0.0251. The van der Waals surface area contributed by atoms with Gasteiger partial charge in [0.2, 0.25) is 5.91 Å². The third-order valence-corrected chi connectivity index (χ3v) is 7.24. The zero-order chi connectivity index (χ0) is 19.7. The van der Waals surface area contributed by atoms with Crippen molar-refractivity contribution in [2.45, 2.75) is 39.2 Å². The Morgan fingerprint density at radius 1 is 1.28 bits per heavy atom. The highest BCUT2D eigenvalue weighted by molar-refractivity contribution is 7.10. The van der Waals surface area contributed by atoms with Crippen LogP contribution < -0.4 is 11.1 Å². The van der Waals surface area contributed by atoms with Gasteiger partial charge in [-0.15, -0.1) is 23.7 Å². The number of carbonyl (C=O) groups excluding carboxylic acids is 2. The van der Waals surface area contributed by atoms with Gasteiger partial charge in [-0.2, -0.15) is 0 Å². The third-order valence-electron chi connectivity index (χ3n) is 6.22. The Morgan fingerprint density at radius 2 is 2.10 bits per heavy atom. The molecular weight excluding hydrogens is 406 g/mol. The average Bonchev–Trinajstić information content (AvgIpc) is 3.37. The first-order valence-corrected chi connectivity index (χ1v) is 10.9. The molecule has 1 aliphatic carbocycles. The zero-order valence-electron chi connectivity index (χ0n) is 16.6. The van der Waals surface area contributed by atoms with Crippen LogP contribution in [0.15, 0.2) is 29.6 Å². The molecule has 1 aromatic heterocycles. The van der Waals surface area contributed by atoms with Gasteiger partial charge in [0, 0.05) is 35.1 Å². The molecule has 0 bridgehead atoms. The summed E-state index contributed by atoms with van der Waals surface area (Å²) in [5.41, 5.74) is 9.31. The normalized spacial score (nSPS) is 20.7. The van der Waals surface area contributed by atoms with Crippen LogP contribution in [-0.2, 0) is 17.8 Å². The van der Waals surface area contributed by atoms with Crippen molar-refractivity contribution in [2.75, 3.05) is 18.4 Å². The van der Waals surface area contributed by atoms with Crippen LogP contribution in [0.25, 0.3) is 0 Å². The lowest BCUT2D eigenvalue weighted by Crippen LogP contribution is -2.36. The first-order valence-electron chi connectivity index (χ1n) is 10.0. The second-order valence-electron chi connectivity index (χ2n) is 7.85. The fraction of sp³-hybridized carbons (Fsp3) is 0.455. The smallest absolute Gasteiger partial charge is 0.254 e. The van der Waals surface area contributed by atoms with Crippen molar-refractivity contribution in [3.05, 3.63) is 51.2 Å². The van der Waals surface area contributed by atoms with Crippen LogP contribution in [0.5, 0.6) is 0 Å². The summed E-state index contributed by atoms with van der Waals surface area (Å²) in [6.07, 6.45) is 3.88. The Hall–Kier alpha value is -1.89. The van der Waals surface area contributed by atoms with E-state index < -0.39 is 0 Å². The minimum absolute atomic E-state index is 0. The van der Waals surface area contributed by atoms with E-state index in [1.165, 1.54) is 10.4 Å². The van der Waals surface area contributed by atoms with Crippen LogP contribution in [-0.4, -0.2) is 29.8 Å². The summed E-state index contributed by atoms with van der Waals surface area (Å²) >= 11 is 1.77. The van der Waals surface area contributed by atoms with Gasteiger partial charge in [0.25, 0.3) is 5.91 Å². The second-order valence-corrected chi connectivity index (χ2v) is 8.85. The molecule has 0 spiro atoms. The molecule has 0 radical (unpaired) electrons. The van der Waals surface area contributed by atoms with Gasteiger partial charge in [-0.05, 0) is 73.4 Å². The number of fused-ring (bicyclic) bond motifs is 1. The number of hydrogen-bond acceptors (Lipinski definition) is 4. The van der Waals surface area contributed by atoms with Crippen molar-refractivity contribution in [1.82, 2.24) is 4.90 Å². The number of rotatable bonds is 4. The van der Waals surface area contributed by atoms with Crippen molar-refractivity contribution >= 4 is 41.2 Å². The quantitative estimate of drug-likeness (QED) is 0.765. The Bertz CT molecular complexity index is 898. The van der Waals surface area contributed by atoms with Crippen LogP contribution in [0.4, 0.5) is 5.69 Å². The maximum atomic E-state index is 13.1. The molecule has 1 aromatic carbocycles. The molecule has 0 unspecified atom stereocenters. The number of nitrogens with zero attached hydrogens (tertiary/aromatic N) is 1. The molecule has 29 heavy (non-hydrogen) atoms. The van der Waals surface area contributed by atoms with Gasteiger partial charge in [-0.3, -0.25) is 9.59 Å². The van der Waals surface area contributed by atoms with Crippen LogP contribution in [0.1, 0.15) is 45.6 Å². The molecule has 2 heterocycles. The number of anilines is 1. The lowest BCUT2D eigenvalue weighted by molar-refractivity contribution is -0.120. The Morgan fingerprint density at radius 3 is 2.90 bits per heavy atom. The highest BCUT2D eigenvalue weighted by Gasteiger charge is 2.32. The first kappa shape index (κ1) is 21.8. The van der Waals surface area contributed by atoms with E-state index in [9.17, 15) is 9.59 Å². The molecule has 1 saturated carbocycles. The Balaban J connectivity index is 0.00000240. The van der Waals surface area contributed by atoms with E-state index in [2.05, 4.69) is 16.8 Å². The average molecular weight is 434 g/mol. The number of halogens is 1. The maximum Gasteiger partial charge on any atom is 0.254 e. The van der Waals surface area contributed by atoms with E-state index in [0.717, 1.165) is 43.5 Å². The summed E-state index contributed by atoms with van der Waals surface area (Å²) in [6, 6.07) is 7.70. The monoisotopic (exact) mass is 433 g/mol. The molecule has 0 saturated heterocycles. The van der Waals surface area contributed by atoms with Crippen molar-refractivity contribution in [1.29, 1.82) is 0 Å². The van der Waals surface area contributed by atoms with E-state index >= 15 is 0 Å². The number of benzene rings is 1. The number of carbonyl (C=O) groups is 2.